The lowest BCUT2D eigenvalue weighted by molar-refractivity contribution is -0.173. The third-order valence-corrected chi connectivity index (χ3v) is 5.18. The van der Waals surface area contributed by atoms with E-state index in [4.69, 9.17) is 14.5 Å². The van der Waals surface area contributed by atoms with E-state index in [9.17, 15) is 43.2 Å². The topological polar surface area (TPSA) is 191 Å². The lowest BCUT2D eigenvalue weighted by atomic mass is 10.1. The van der Waals surface area contributed by atoms with Gasteiger partial charge in [-0.2, -0.15) is 0 Å². The molecular formula is C21H15N3O12. The zero-order valence-corrected chi connectivity index (χ0v) is 18.2. The van der Waals surface area contributed by atoms with Crippen molar-refractivity contribution in [2.24, 2.45) is 0 Å². The molecule has 0 unspecified atom stereocenters. The molecule has 6 amide bonds. The second kappa shape index (κ2) is 9.36. The molecule has 1 aromatic carbocycles. The Labute approximate surface area is 200 Å². The highest BCUT2D eigenvalue weighted by molar-refractivity contribution is 6.06. The fourth-order valence-electron chi connectivity index (χ4n) is 3.36. The van der Waals surface area contributed by atoms with Crippen LogP contribution >= 0.6 is 0 Å². The van der Waals surface area contributed by atoms with Crippen LogP contribution in [0.1, 0.15) is 69.6 Å². The maximum atomic E-state index is 12.6. The highest BCUT2D eigenvalue weighted by Gasteiger charge is 2.36. The summed E-state index contributed by atoms with van der Waals surface area (Å²) in [6, 6.07) is 2.55. The molecule has 0 bridgehead atoms. The average molecular weight is 501 g/mol. The first-order valence-electron chi connectivity index (χ1n) is 10.4. The van der Waals surface area contributed by atoms with Gasteiger partial charge in [0.2, 0.25) is 0 Å². The third kappa shape index (κ3) is 4.66. The summed E-state index contributed by atoms with van der Waals surface area (Å²) < 4.78 is 0. The Bertz CT molecular complexity index is 1060. The van der Waals surface area contributed by atoms with Gasteiger partial charge in [-0.25, -0.2) is 14.4 Å². The Morgan fingerprint density at radius 1 is 0.444 bits per heavy atom. The molecule has 3 aliphatic rings. The van der Waals surface area contributed by atoms with Gasteiger partial charge in [0.05, 0.1) is 16.7 Å². The largest absolute Gasteiger partial charge is 0.363 e. The highest BCUT2D eigenvalue weighted by Crippen LogP contribution is 2.21. The molecule has 3 saturated heterocycles. The van der Waals surface area contributed by atoms with Crippen molar-refractivity contribution >= 4 is 53.4 Å². The fraction of sp³-hybridized carbons (Fsp3) is 0.286. The summed E-state index contributed by atoms with van der Waals surface area (Å²) in [5.41, 5.74) is -1.62. The van der Waals surface area contributed by atoms with Crippen molar-refractivity contribution in [3.63, 3.8) is 0 Å². The number of carbonyl (C=O) groups excluding carboxylic acids is 9. The smallest absolute Gasteiger partial charge is 0.325 e. The molecule has 1 aromatic rings. The first-order valence-corrected chi connectivity index (χ1v) is 10.4. The Morgan fingerprint density at radius 3 is 0.833 bits per heavy atom. The van der Waals surface area contributed by atoms with Crippen LogP contribution < -0.4 is 0 Å². The summed E-state index contributed by atoms with van der Waals surface area (Å²) in [7, 11) is 0. The van der Waals surface area contributed by atoms with Gasteiger partial charge in [-0.05, 0) is 18.2 Å². The van der Waals surface area contributed by atoms with Crippen LogP contribution in [0.25, 0.3) is 0 Å². The van der Waals surface area contributed by atoms with Crippen molar-refractivity contribution in [1.82, 2.24) is 15.2 Å². The molecule has 4 rings (SSSR count). The Hall–Kier alpha value is -4.95. The van der Waals surface area contributed by atoms with E-state index in [0.717, 1.165) is 18.2 Å². The van der Waals surface area contributed by atoms with Crippen molar-refractivity contribution in [3.8, 4) is 0 Å². The van der Waals surface area contributed by atoms with Gasteiger partial charge in [0.1, 0.15) is 0 Å². The molecule has 36 heavy (non-hydrogen) atoms. The minimum Gasteiger partial charge on any atom is -0.325 e. The predicted octanol–water partition coefficient (Wildman–Crippen LogP) is -0.651. The molecule has 15 nitrogen and oxygen atoms in total. The minimum absolute atomic E-state index is 0.189. The lowest BCUT2D eigenvalue weighted by Crippen LogP contribution is -2.33. The average Bonchev–Trinajstić information content (AvgIpc) is 3.46. The van der Waals surface area contributed by atoms with E-state index < -0.39 is 70.0 Å². The fourth-order valence-corrected chi connectivity index (χ4v) is 3.36. The number of hydrogen-bond donors (Lipinski definition) is 0. The van der Waals surface area contributed by atoms with Crippen LogP contribution in [0.2, 0.25) is 0 Å². The van der Waals surface area contributed by atoms with Crippen molar-refractivity contribution < 1.29 is 57.7 Å². The van der Waals surface area contributed by atoms with Gasteiger partial charge in [0.15, 0.2) is 0 Å². The van der Waals surface area contributed by atoms with Gasteiger partial charge in [0, 0.05) is 38.5 Å². The molecule has 0 aliphatic carbocycles. The van der Waals surface area contributed by atoms with Crippen molar-refractivity contribution in [2.75, 3.05) is 0 Å². The van der Waals surface area contributed by atoms with E-state index >= 15 is 0 Å². The quantitative estimate of drug-likeness (QED) is 0.448. The molecule has 15 heteroatoms. The SMILES string of the molecule is O=C(ON1C(=O)CCC1=O)c1cc(C(=O)ON2C(=O)CCC2=O)cc(C(=O)ON2C(=O)CCC2=O)c1. The Balaban J connectivity index is 1.63. The predicted molar refractivity (Wildman–Crippen MR) is 106 cm³/mol. The number of benzene rings is 1. The number of hydroxylamine groups is 6. The summed E-state index contributed by atoms with van der Waals surface area (Å²) >= 11 is 0. The molecule has 0 aromatic heterocycles. The zero-order chi connectivity index (χ0) is 26.1. The molecule has 3 aliphatic heterocycles. The van der Waals surface area contributed by atoms with Gasteiger partial charge in [-0.15, -0.1) is 15.2 Å². The van der Waals surface area contributed by atoms with Gasteiger partial charge in [-0.1, -0.05) is 0 Å². The number of imide groups is 3. The normalized spacial score (nSPS) is 17.8. The summed E-state index contributed by atoms with van der Waals surface area (Å²) in [6.07, 6.45) is -1.13. The van der Waals surface area contributed by atoms with E-state index in [-0.39, 0.29) is 53.7 Å². The minimum atomic E-state index is -1.33. The molecular weight excluding hydrogens is 486 g/mol. The molecule has 3 fully saturated rings. The maximum Gasteiger partial charge on any atom is 0.363 e. The highest BCUT2D eigenvalue weighted by atomic mass is 16.7. The molecule has 0 atom stereocenters. The van der Waals surface area contributed by atoms with E-state index in [1.807, 2.05) is 0 Å². The summed E-state index contributed by atoms with van der Waals surface area (Å²) in [6.45, 7) is 0. The van der Waals surface area contributed by atoms with E-state index in [1.54, 1.807) is 0 Å². The molecule has 0 spiro atoms. The lowest BCUT2D eigenvalue weighted by Gasteiger charge is -2.16. The monoisotopic (exact) mass is 501 g/mol. The van der Waals surface area contributed by atoms with E-state index in [1.165, 1.54) is 0 Å². The Kier molecular flexibility index (Phi) is 6.29. The number of nitrogens with zero attached hydrogens (tertiary/aromatic N) is 3. The van der Waals surface area contributed by atoms with Crippen LogP contribution in [-0.2, 0) is 43.3 Å². The second-order valence-electron chi connectivity index (χ2n) is 7.68. The van der Waals surface area contributed by atoms with Gasteiger partial charge < -0.3 is 14.5 Å². The van der Waals surface area contributed by atoms with Crippen LogP contribution in [0.5, 0.6) is 0 Å². The molecule has 186 valence electrons. The summed E-state index contributed by atoms with van der Waals surface area (Å²) in [4.78, 5) is 123. The second-order valence-corrected chi connectivity index (χ2v) is 7.68. The summed E-state index contributed by atoms with van der Waals surface area (Å²) in [5, 5.41) is 0.692. The van der Waals surface area contributed by atoms with Crippen LogP contribution in [0.3, 0.4) is 0 Å². The van der Waals surface area contributed by atoms with Crippen LogP contribution in [0.4, 0.5) is 0 Å². The molecule has 0 radical (unpaired) electrons. The van der Waals surface area contributed by atoms with E-state index in [0.29, 0.717) is 0 Å². The van der Waals surface area contributed by atoms with Crippen LogP contribution in [0.15, 0.2) is 18.2 Å². The van der Waals surface area contributed by atoms with Gasteiger partial charge >= 0.3 is 17.9 Å². The van der Waals surface area contributed by atoms with E-state index in [2.05, 4.69) is 0 Å². The number of amides is 6. The van der Waals surface area contributed by atoms with Crippen molar-refractivity contribution in [3.05, 3.63) is 34.9 Å². The van der Waals surface area contributed by atoms with Gasteiger partial charge in [0.25, 0.3) is 35.4 Å². The zero-order valence-electron chi connectivity index (χ0n) is 18.2. The van der Waals surface area contributed by atoms with Crippen LogP contribution in [0, 0.1) is 0 Å². The Morgan fingerprint density at radius 2 is 0.639 bits per heavy atom. The summed E-state index contributed by atoms with van der Waals surface area (Å²) in [5.74, 6) is -8.74. The van der Waals surface area contributed by atoms with Crippen molar-refractivity contribution in [1.29, 1.82) is 0 Å². The maximum absolute atomic E-state index is 12.6. The molecule has 0 saturated carbocycles. The number of hydrogen-bond acceptors (Lipinski definition) is 12. The van der Waals surface area contributed by atoms with Crippen LogP contribution in [-0.4, -0.2) is 68.5 Å². The molecule has 0 N–H and O–H groups in total. The standard InChI is InChI=1S/C21H15N3O12/c25-13-1-2-14(26)22(13)34-19(31)10-7-11(20(32)35-23-15(27)3-4-16(23)28)9-12(8-10)21(33)36-24-17(29)5-6-18(24)30/h7-9H,1-6H2. The van der Waals surface area contributed by atoms with Crippen molar-refractivity contribution in [2.45, 2.75) is 38.5 Å². The third-order valence-electron chi connectivity index (χ3n) is 5.18. The number of rotatable bonds is 6. The molecule has 3 heterocycles. The van der Waals surface area contributed by atoms with Gasteiger partial charge in [-0.3, -0.25) is 28.8 Å². The first kappa shape index (κ1) is 24.2. The number of carbonyl (C=O) groups is 9. The first-order chi connectivity index (χ1) is 17.0.